The van der Waals surface area contributed by atoms with Crippen LogP contribution in [-0.4, -0.2) is 5.88 Å². The van der Waals surface area contributed by atoms with E-state index in [9.17, 15) is 0 Å². The maximum absolute atomic E-state index is 5.89. The summed E-state index contributed by atoms with van der Waals surface area (Å²) in [4.78, 5) is 0. The van der Waals surface area contributed by atoms with Crippen LogP contribution in [0.3, 0.4) is 0 Å². The highest BCUT2D eigenvalue weighted by molar-refractivity contribution is 9.10. The van der Waals surface area contributed by atoms with Crippen LogP contribution in [-0.2, 0) is 0 Å². The van der Waals surface area contributed by atoms with Gasteiger partial charge in [0.05, 0.1) is 0 Å². The van der Waals surface area contributed by atoms with Crippen LogP contribution in [0.25, 0.3) is 0 Å². The Hall–Kier alpha value is -0.0500. The smallest absolute Gasteiger partial charge is 0.0317 e. The minimum absolute atomic E-state index is 0.0399. The molecule has 1 nitrogen and oxygen atoms in total. The largest absolute Gasteiger partial charge is 0.324 e. The fraction of sp³-hybridized carbons (Fsp3) is 0.333. The van der Waals surface area contributed by atoms with Crippen molar-refractivity contribution in [3.8, 4) is 0 Å². The van der Waals surface area contributed by atoms with Crippen molar-refractivity contribution in [1.82, 2.24) is 0 Å². The molecule has 1 rings (SSSR count). The number of rotatable bonds is 3. The van der Waals surface area contributed by atoms with Crippen LogP contribution in [0.15, 0.2) is 28.7 Å². The molecule has 1 atom stereocenters. The topological polar surface area (TPSA) is 26.0 Å². The lowest BCUT2D eigenvalue weighted by Crippen LogP contribution is -2.11. The molecule has 0 aliphatic rings. The van der Waals surface area contributed by atoms with Crippen LogP contribution in [0.1, 0.15) is 18.0 Å². The van der Waals surface area contributed by atoms with Crippen LogP contribution in [0.4, 0.5) is 0 Å². The van der Waals surface area contributed by atoms with Crippen molar-refractivity contribution in [2.45, 2.75) is 12.5 Å². The van der Waals surface area contributed by atoms with Crippen LogP contribution in [0.5, 0.6) is 0 Å². The molecule has 1 aromatic carbocycles. The third-order valence-electron chi connectivity index (χ3n) is 1.72. The first-order valence-corrected chi connectivity index (χ1v) is 5.14. The number of alkyl halides is 1. The molecule has 0 saturated heterocycles. The molecule has 0 radical (unpaired) electrons. The molecule has 3 heteroatoms. The van der Waals surface area contributed by atoms with E-state index in [0.29, 0.717) is 5.88 Å². The SMILES string of the molecule is NC(CCCl)c1ccccc1Br. The van der Waals surface area contributed by atoms with Crippen molar-refractivity contribution in [2.75, 3.05) is 5.88 Å². The number of hydrogen-bond acceptors (Lipinski definition) is 1. The second-order valence-corrected chi connectivity index (χ2v) is 3.84. The van der Waals surface area contributed by atoms with Gasteiger partial charge in [-0.05, 0) is 18.1 Å². The molecule has 0 aliphatic carbocycles. The molecule has 0 bridgehead atoms. The average Bonchev–Trinajstić information content (AvgIpc) is 2.05. The molecule has 0 aromatic heterocycles. The molecular formula is C9H11BrClN. The van der Waals surface area contributed by atoms with E-state index in [4.69, 9.17) is 17.3 Å². The Morgan fingerprint density at radius 3 is 2.67 bits per heavy atom. The van der Waals surface area contributed by atoms with E-state index in [0.717, 1.165) is 16.5 Å². The fourth-order valence-corrected chi connectivity index (χ4v) is 1.86. The van der Waals surface area contributed by atoms with Gasteiger partial charge in [-0.15, -0.1) is 11.6 Å². The zero-order valence-electron chi connectivity index (χ0n) is 6.63. The molecular weight excluding hydrogens is 237 g/mol. The third kappa shape index (κ3) is 2.47. The monoisotopic (exact) mass is 247 g/mol. The Bertz CT molecular complexity index is 252. The van der Waals surface area contributed by atoms with Crippen LogP contribution in [0.2, 0.25) is 0 Å². The first-order chi connectivity index (χ1) is 5.75. The van der Waals surface area contributed by atoms with E-state index in [1.54, 1.807) is 0 Å². The van der Waals surface area contributed by atoms with Gasteiger partial charge in [0.2, 0.25) is 0 Å². The third-order valence-corrected chi connectivity index (χ3v) is 2.67. The molecule has 0 aliphatic heterocycles. The normalized spacial score (nSPS) is 12.9. The Morgan fingerprint density at radius 1 is 1.42 bits per heavy atom. The number of hydrogen-bond donors (Lipinski definition) is 1. The van der Waals surface area contributed by atoms with Gasteiger partial charge in [0.1, 0.15) is 0 Å². The molecule has 1 aromatic rings. The first-order valence-electron chi connectivity index (χ1n) is 3.81. The molecule has 0 fully saturated rings. The van der Waals surface area contributed by atoms with E-state index < -0.39 is 0 Å². The summed E-state index contributed by atoms with van der Waals surface area (Å²) in [5.41, 5.74) is 7.02. The number of benzene rings is 1. The summed E-state index contributed by atoms with van der Waals surface area (Å²) in [5, 5.41) is 0. The van der Waals surface area contributed by atoms with Gasteiger partial charge in [0.15, 0.2) is 0 Å². The molecule has 0 saturated carbocycles. The molecule has 66 valence electrons. The maximum atomic E-state index is 5.89. The standard InChI is InChI=1S/C9H11BrClN/c10-8-4-2-1-3-7(8)9(12)5-6-11/h1-4,9H,5-6,12H2. The molecule has 0 amide bonds. The summed E-state index contributed by atoms with van der Waals surface area (Å²) >= 11 is 9.05. The molecule has 1 unspecified atom stereocenters. The lowest BCUT2D eigenvalue weighted by Gasteiger charge is -2.11. The average molecular weight is 249 g/mol. The van der Waals surface area contributed by atoms with Crippen LogP contribution >= 0.6 is 27.5 Å². The van der Waals surface area contributed by atoms with Crippen LogP contribution in [0, 0.1) is 0 Å². The van der Waals surface area contributed by atoms with E-state index in [2.05, 4.69) is 15.9 Å². The predicted molar refractivity (Wildman–Crippen MR) is 56.4 cm³/mol. The van der Waals surface area contributed by atoms with E-state index in [1.165, 1.54) is 0 Å². The fourth-order valence-electron chi connectivity index (χ4n) is 1.05. The van der Waals surface area contributed by atoms with Crippen LogP contribution < -0.4 is 5.73 Å². The molecule has 0 spiro atoms. The second kappa shape index (κ2) is 4.85. The van der Waals surface area contributed by atoms with Gasteiger partial charge < -0.3 is 5.73 Å². The summed E-state index contributed by atoms with van der Waals surface area (Å²) in [6.45, 7) is 0. The van der Waals surface area contributed by atoms with Crippen molar-refractivity contribution in [3.05, 3.63) is 34.3 Å². The number of halogens is 2. The number of nitrogens with two attached hydrogens (primary N) is 1. The summed E-state index contributed by atoms with van der Waals surface area (Å²) < 4.78 is 1.06. The van der Waals surface area contributed by atoms with Crippen molar-refractivity contribution in [2.24, 2.45) is 5.73 Å². The van der Waals surface area contributed by atoms with Gasteiger partial charge in [-0.25, -0.2) is 0 Å². The van der Waals surface area contributed by atoms with Crippen molar-refractivity contribution >= 4 is 27.5 Å². The summed E-state index contributed by atoms with van der Waals surface area (Å²) in [6, 6.07) is 8.00. The lowest BCUT2D eigenvalue weighted by atomic mass is 10.1. The highest BCUT2D eigenvalue weighted by atomic mass is 79.9. The Kier molecular flexibility index (Phi) is 4.06. The van der Waals surface area contributed by atoms with Gasteiger partial charge >= 0.3 is 0 Å². The van der Waals surface area contributed by atoms with Gasteiger partial charge in [0, 0.05) is 16.4 Å². The highest BCUT2D eigenvalue weighted by Gasteiger charge is 2.07. The van der Waals surface area contributed by atoms with Gasteiger partial charge in [0.25, 0.3) is 0 Å². The molecule has 2 N–H and O–H groups in total. The molecule has 12 heavy (non-hydrogen) atoms. The Balaban J connectivity index is 2.79. The summed E-state index contributed by atoms with van der Waals surface area (Å²) in [6.07, 6.45) is 0.810. The summed E-state index contributed by atoms with van der Waals surface area (Å²) in [7, 11) is 0. The van der Waals surface area contributed by atoms with Gasteiger partial charge in [-0.3, -0.25) is 0 Å². The minimum atomic E-state index is 0.0399. The van der Waals surface area contributed by atoms with Crippen molar-refractivity contribution < 1.29 is 0 Å². The zero-order valence-corrected chi connectivity index (χ0v) is 8.98. The second-order valence-electron chi connectivity index (χ2n) is 2.61. The Labute approximate surface area is 86.0 Å². The minimum Gasteiger partial charge on any atom is -0.324 e. The quantitative estimate of drug-likeness (QED) is 0.818. The summed E-state index contributed by atoms with van der Waals surface area (Å²) in [5.74, 6) is 0.600. The van der Waals surface area contributed by atoms with Crippen molar-refractivity contribution in [3.63, 3.8) is 0 Å². The van der Waals surface area contributed by atoms with E-state index in [1.807, 2.05) is 24.3 Å². The van der Waals surface area contributed by atoms with Gasteiger partial charge in [-0.1, -0.05) is 34.1 Å². The molecule has 0 heterocycles. The Morgan fingerprint density at radius 2 is 2.08 bits per heavy atom. The first kappa shape index (κ1) is 10.0. The maximum Gasteiger partial charge on any atom is 0.0317 e. The predicted octanol–water partition coefficient (Wildman–Crippen LogP) is 3.08. The highest BCUT2D eigenvalue weighted by Crippen LogP contribution is 2.23. The lowest BCUT2D eigenvalue weighted by molar-refractivity contribution is 0.700. The van der Waals surface area contributed by atoms with Crippen molar-refractivity contribution in [1.29, 1.82) is 0 Å². The van der Waals surface area contributed by atoms with Gasteiger partial charge in [-0.2, -0.15) is 0 Å². The van der Waals surface area contributed by atoms with E-state index in [-0.39, 0.29) is 6.04 Å². The zero-order chi connectivity index (χ0) is 8.97. The van der Waals surface area contributed by atoms with E-state index >= 15 is 0 Å².